The molecule has 7 heteroatoms. The van der Waals surface area contributed by atoms with Crippen molar-refractivity contribution in [1.82, 2.24) is 5.43 Å². The number of rotatable bonds is 3. The van der Waals surface area contributed by atoms with Crippen molar-refractivity contribution in [2.45, 2.75) is 13.8 Å². The van der Waals surface area contributed by atoms with Gasteiger partial charge in [-0.15, -0.1) is 0 Å². The predicted molar refractivity (Wildman–Crippen MR) is 92.8 cm³/mol. The van der Waals surface area contributed by atoms with Gasteiger partial charge in [0.15, 0.2) is 11.5 Å². The van der Waals surface area contributed by atoms with E-state index in [1.54, 1.807) is 24.3 Å². The van der Waals surface area contributed by atoms with Gasteiger partial charge in [0.05, 0.1) is 6.21 Å². The first-order chi connectivity index (χ1) is 12.0. The summed E-state index contributed by atoms with van der Waals surface area (Å²) in [6.07, 6.45) is 1.42. The fourth-order valence-corrected chi connectivity index (χ4v) is 2.28. The van der Waals surface area contributed by atoms with E-state index in [0.29, 0.717) is 22.7 Å². The van der Waals surface area contributed by atoms with Gasteiger partial charge in [-0.2, -0.15) is 5.10 Å². The second-order valence-electron chi connectivity index (χ2n) is 5.51. The summed E-state index contributed by atoms with van der Waals surface area (Å²) in [5, 5.41) is 6.36. The summed E-state index contributed by atoms with van der Waals surface area (Å²) >= 11 is 0. The van der Waals surface area contributed by atoms with Gasteiger partial charge >= 0.3 is 11.8 Å². The Hall–Kier alpha value is -3.35. The van der Waals surface area contributed by atoms with Crippen molar-refractivity contribution < 1.29 is 19.1 Å². The highest BCUT2D eigenvalue weighted by atomic mass is 16.7. The maximum atomic E-state index is 11.9. The molecule has 0 aromatic heterocycles. The lowest BCUT2D eigenvalue weighted by atomic mass is 10.1. The van der Waals surface area contributed by atoms with Crippen LogP contribution in [0, 0.1) is 13.8 Å². The molecular weight excluding hydrogens is 322 g/mol. The Morgan fingerprint density at radius 1 is 1.08 bits per heavy atom. The number of carbonyl (C=O) groups is 2. The third-order valence-electron chi connectivity index (χ3n) is 3.84. The molecule has 1 heterocycles. The molecule has 2 aromatic rings. The number of benzene rings is 2. The summed E-state index contributed by atoms with van der Waals surface area (Å²) in [6.45, 7) is 3.99. The highest BCUT2D eigenvalue weighted by Crippen LogP contribution is 2.31. The van der Waals surface area contributed by atoms with Crippen LogP contribution in [0.2, 0.25) is 0 Å². The van der Waals surface area contributed by atoms with Crippen molar-refractivity contribution in [3.05, 3.63) is 53.1 Å². The lowest BCUT2D eigenvalue weighted by Gasteiger charge is -2.09. The number of carbonyl (C=O) groups excluding carboxylic acids is 2. The third-order valence-corrected chi connectivity index (χ3v) is 3.84. The largest absolute Gasteiger partial charge is 0.454 e. The van der Waals surface area contributed by atoms with Gasteiger partial charge in [-0.3, -0.25) is 9.59 Å². The van der Waals surface area contributed by atoms with Gasteiger partial charge in [0.1, 0.15) is 0 Å². The summed E-state index contributed by atoms with van der Waals surface area (Å²) in [4.78, 5) is 23.8. The lowest BCUT2D eigenvalue weighted by molar-refractivity contribution is -0.136. The number of hydrogen-bond acceptors (Lipinski definition) is 5. The Kier molecular flexibility index (Phi) is 4.65. The minimum absolute atomic E-state index is 0.186. The van der Waals surface area contributed by atoms with Gasteiger partial charge in [0.2, 0.25) is 6.79 Å². The number of ether oxygens (including phenoxy) is 2. The first-order valence-electron chi connectivity index (χ1n) is 7.65. The van der Waals surface area contributed by atoms with E-state index in [2.05, 4.69) is 15.8 Å². The maximum Gasteiger partial charge on any atom is 0.329 e. The molecule has 0 saturated carbocycles. The van der Waals surface area contributed by atoms with Crippen LogP contribution in [0.3, 0.4) is 0 Å². The van der Waals surface area contributed by atoms with E-state index in [0.717, 1.165) is 11.1 Å². The summed E-state index contributed by atoms with van der Waals surface area (Å²) in [5.74, 6) is -0.355. The van der Waals surface area contributed by atoms with E-state index >= 15 is 0 Å². The first kappa shape index (κ1) is 16.5. The van der Waals surface area contributed by atoms with Crippen LogP contribution in [0.5, 0.6) is 11.5 Å². The van der Waals surface area contributed by atoms with Crippen LogP contribution in [0.15, 0.2) is 41.5 Å². The number of hydrazone groups is 1. The molecular formula is C18H17N3O4. The molecule has 2 aromatic carbocycles. The van der Waals surface area contributed by atoms with E-state index in [-0.39, 0.29) is 6.79 Å². The monoisotopic (exact) mass is 339 g/mol. The molecule has 0 atom stereocenters. The fourth-order valence-electron chi connectivity index (χ4n) is 2.28. The zero-order valence-corrected chi connectivity index (χ0v) is 13.8. The molecule has 0 spiro atoms. The molecule has 0 aliphatic carbocycles. The molecule has 128 valence electrons. The summed E-state index contributed by atoms with van der Waals surface area (Å²) in [7, 11) is 0. The number of nitrogens with zero attached hydrogens (tertiary/aromatic N) is 1. The summed E-state index contributed by atoms with van der Waals surface area (Å²) < 4.78 is 10.5. The molecule has 0 fully saturated rings. The van der Waals surface area contributed by atoms with Gasteiger partial charge in [0.25, 0.3) is 0 Å². The molecule has 2 amide bonds. The van der Waals surface area contributed by atoms with Crippen LogP contribution >= 0.6 is 0 Å². The molecule has 1 aliphatic heterocycles. The number of anilines is 1. The average Bonchev–Trinajstić information content (AvgIpc) is 3.06. The van der Waals surface area contributed by atoms with Crippen LogP contribution in [-0.2, 0) is 9.59 Å². The topological polar surface area (TPSA) is 89.0 Å². The lowest BCUT2D eigenvalue weighted by Crippen LogP contribution is -2.32. The average molecular weight is 339 g/mol. The molecule has 25 heavy (non-hydrogen) atoms. The standard InChI is InChI=1S/C18H17N3O4/c1-11-4-3-5-14(12(11)2)20-17(22)18(23)21-19-9-13-6-7-15-16(8-13)25-10-24-15/h3-9H,10H2,1-2H3,(H,20,22)(H,21,23)/b19-9-. The Bertz CT molecular complexity index is 861. The Balaban J connectivity index is 1.58. The first-order valence-corrected chi connectivity index (χ1v) is 7.65. The summed E-state index contributed by atoms with van der Waals surface area (Å²) in [5.41, 5.74) is 5.44. The van der Waals surface area contributed by atoms with Crippen molar-refractivity contribution >= 4 is 23.7 Å². The number of aryl methyl sites for hydroxylation is 1. The van der Waals surface area contributed by atoms with Crippen LogP contribution in [-0.4, -0.2) is 24.8 Å². The fraction of sp³-hybridized carbons (Fsp3) is 0.167. The van der Waals surface area contributed by atoms with Gasteiger partial charge in [-0.25, -0.2) is 5.43 Å². The molecule has 0 saturated heterocycles. The zero-order chi connectivity index (χ0) is 17.8. The second kappa shape index (κ2) is 7.04. The van der Waals surface area contributed by atoms with E-state index in [1.165, 1.54) is 6.21 Å². The van der Waals surface area contributed by atoms with Gasteiger partial charge in [-0.05, 0) is 54.8 Å². The highest BCUT2D eigenvalue weighted by Gasteiger charge is 2.15. The number of hydrogen-bond donors (Lipinski definition) is 2. The van der Waals surface area contributed by atoms with E-state index in [4.69, 9.17) is 9.47 Å². The van der Waals surface area contributed by atoms with E-state index in [9.17, 15) is 9.59 Å². The van der Waals surface area contributed by atoms with Crippen molar-refractivity contribution in [2.75, 3.05) is 12.1 Å². The minimum atomic E-state index is -0.849. The van der Waals surface area contributed by atoms with Crippen molar-refractivity contribution in [2.24, 2.45) is 5.10 Å². The quantitative estimate of drug-likeness (QED) is 0.509. The number of amides is 2. The molecule has 0 radical (unpaired) electrons. The van der Waals surface area contributed by atoms with Crippen LogP contribution in [0.25, 0.3) is 0 Å². The van der Waals surface area contributed by atoms with Crippen molar-refractivity contribution in [1.29, 1.82) is 0 Å². The van der Waals surface area contributed by atoms with E-state index < -0.39 is 11.8 Å². The number of nitrogens with one attached hydrogen (secondary N) is 2. The zero-order valence-electron chi connectivity index (χ0n) is 13.8. The molecule has 0 unspecified atom stereocenters. The smallest absolute Gasteiger partial charge is 0.329 e. The maximum absolute atomic E-state index is 11.9. The molecule has 2 N–H and O–H groups in total. The second-order valence-corrected chi connectivity index (χ2v) is 5.51. The molecule has 0 bridgehead atoms. The Morgan fingerprint density at radius 2 is 1.88 bits per heavy atom. The highest BCUT2D eigenvalue weighted by molar-refractivity contribution is 6.39. The number of fused-ring (bicyclic) bond motifs is 1. The van der Waals surface area contributed by atoms with Crippen molar-refractivity contribution in [3.63, 3.8) is 0 Å². The molecule has 1 aliphatic rings. The van der Waals surface area contributed by atoms with Crippen LogP contribution in [0.1, 0.15) is 16.7 Å². The van der Waals surface area contributed by atoms with Crippen LogP contribution < -0.4 is 20.2 Å². The third kappa shape index (κ3) is 3.77. The van der Waals surface area contributed by atoms with Gasteiger partial charge in [-0.1, -0.05) is 12.1 Å². The van der Waals surface area contributed by atoms with E-state index in [1.807, 2.05) is 26.0 Å². The molecule has 7 nitrogen and oxygen atoms in total. The van der Waals surface area contributed by atoms with Crippen molar-refractivity contribution in [3.8, 4) is 11.5 Å². The minimum Gasteiger partial charge on any atom is -0.454 e. The normalized spacial score (nSPS) is 12.2. The Labute approximate surface area is 144 Å². The Morgan fingerprint density at radius 3 is 2.72 bits per heavy atom. The predicted octanol–water partition coefficient (Wildman–Crippen LogP) is 2.12. The van der Waals surface area contributed by atoms with Gasteiger partial charge in [0, 0.05) is 5.69 Å². The molecule has 3 rings (SSSR count). The van der Waals surface area contributed by atoms with Crippen LogP contribution in [0.4, 0.5) is 5.69 Å². The summed E-state index contributed by atoms with van der Waals surface area (Å²) in [6, 6.07) is 10.7. The van der Waals surface area contributed by atoms with Gasteiger partial charge < -0.3 is 14.8 Å². The SMILES string of the molecule is Cc1cccc(NC(=O)C(=O)N/N=C\c2ccc3c(c2)OCO3)c1C.